The monoisotopic (exact) mass is 514 g/mol. The zero-order chi connectivity index (χ0) is 26.6. The summed E-state index contributed by atoms with van der Waals surface area (Å²) in [4.78, 5) is 26.3. The van der Waals surface area contributed by atoms with Crippen LogP contribution >= 0.6 is 11.3 Å². The van der Waals surface area contributed by atoms with Gasteiger partial charge in [0.25, 0.3) is 11.8 Å². The van der Waals surface area contributed by atoms with E-state index in [4.69, 9.17) is 19.8 Å². The Labute approximate surface area is 210 Å². The van der Waals surface area contributed by atoms with Crippen LogP contribution in [0.5, 0.6) is 0 Å². The van der Waals surface area contributed by atoms with E-state index in [9.17, 15) is 9.59 Å². The maximum Gasteiger partial charge on any atom is 0.496 e. The number of amides is 2. The van der Waals surface area contributed by atoms with Crippen LogP contribution in [0.15, 0.2) is 6.07 Å². The molecule has 0 bridgehead atoms. The Bertz CT molecular complexity index is 975. The third-order valence-corrected chi connectivity index (χ3v) is 8.96. The summed E-state index contributed by atoms with van der Waals surface area (Å²) in [6.45, 7) is 14.8. The molecule has 1 saturated carbocycles. The summed E-state index contributed by atoms with van der Waals surface area (Å²) in [6, 6.07) is -0.0911. The number of hydrogen-bond acceptors (Lipinski definition) is 6. The van der Waals surface area contributed by atoms with Crippen molar-refractivity contribution in [3.8, 4) is 0 Å². The molecule has 0 spiro atoms. The van der Waals surface area contributed by atoms with Crippen molar-refractivity contribution in [2.45, 2.75) is 110 Å². The van der Waals surface area contributed by atoms with Gasteiger partial charge in [-0.3, -0.25) is 4.79 Å². The summed E-state index contributed by atoms with van der Waals surface area (Å²) in [5, 5.41) is 2.52. The van der Waals surface area contributed by atoms with Crippen LogP contribution in [0.3, 0.4) is 0 Å². The molecule has 11 heteroatoms. The zero-order valence-corrected chi connectivity index (χ0v) is 22.7. The lowest BCUT2D eigenvalue weighted by Gasteiger charge is -2.53. The van der Waals surface area contributed by atoms with Gasteiger partial charge in [-0.15, -0.1) is 11.3 Å². The van der Waals surface area contributed by atoms with Crippen LogP contribution in [-0.4, -0.2) is 47.9 Å². The second-order valence-corrected chi connectivity index (χ2v) is 12.6. The van der Waals surface area contributed by atoms with E-state index in [2.05, 4.69) is 5.32 Å². The lowest BCUT2D eigenvalue weighted by atomic mass is 9.64. The zero-order valence-electron chi connectivity index (χ0n) is 21.8. The molecule has 2 heterocycles. The molecule has 1 saturated heterocycles. The Morgan fingerprint density at radius 3 is 2.26 bits per heavy atom. The van der Waals surface area contributed by atoms with Crippen LogP contribution in [0, 0.1) is 5.41 Å². The number of carbonyl (C=O) groups excluding carboxylic acids is 2. The molecule has 1 aromatic heterocycles. The van der Waals surface area contributed by atoms with Gasteiger partial charge in [0.15, 0.2) is 0 Å². The maximum atomic E-state index is 15.3. The molecule has 196 valence electrons. The molecule has 0 radical (unpaired) electrons. The smallest absolute Gasteiger partial charge is 0.440 e. The van der Waals surface area contributed by atoms with Crippen LogP contribution in [0.1, 0.15) is 89.2 Å². The van der Waals surface area contributed by atoms with Crippen LogP contribution in [0.4, 0.5) is 13.6 Å². The highest BCUT2D eigenvalue weighted by Crippen LogP contribution is 2.50. The fourth-order valence-corrected chi connectivity index (χ4v) is 5.91. The van der Waals surface area contributed by atoms with Gasteiger partial charge in [0, 0.05) is 16.7 Å². The molecule has 2 atom stereocenters. The quantitative estimate of drug-likeness (QED) is 0.568. The molecule has 0 aromatic carbocycles. The van der Waals surface area contributed by atoms with E-state index in [0.717, 1.165) is 4.88 Å². The summed E-state index contributed by atoms with van der Waals surface area (Å²) in [5.74, 6) is -3.96. The van der Waals surface area contributed by atoms with Gasteiger partial charge in [0.2, 0.25) is 0 Å². The molecule has 3 rings (SSSR count). The van der Waals surface area contributed by atoms with Crippen LogP contribution in [0.25, 0.3) is 0 Å². The minimum absolute atomic E-state index is 0.134. The molecule has 35 heavy (non-hydrogen) atoms. The maximum absolute atomic E-state index is 15.3. The fourth-order valence-electron chi connectivity index (χ4n) is 4.89. The Balaban J connectivity index is 1.96. The normalized spacial score (nSPS) is 27.5. The lowest BCUT2D eigenvalue weighted by molar-refractivity contribution is -0.190. The molecule has 1 aliphatic carbocycles. The number of nitrogens with two attached hydrogens (primary N) is 1. The number of carbonyl (C=O) groups is 2. The number of halogens is 2. The minimum Gasteiger partial charge on any atom is -0.440 e. The second kappa shape index (κ2) is 8.99. The van der Waals surface area contributed by atoms with Crippen molar-refractivity contribution in [1.29, 1.82) is 0 Å². The van der Waals surface area contributed by atoms with Gasteiger partial charge in [-0.1, -0.05) is 27.7 Å². The highest BCUT2D eigenvalue weighted by molar-refractivity contribution is 7.15. The molecule has 7 nitrogen and oxygen atoms in total. The Kier molecular flexibility index (Phi) is 7.16. The highest BCUT2D eigenvalue weighted by atomic mass is 32.1. The first kappa shape index (κ1) is 27.9. The standard InChI is InChI=1S/C24H37BF2N2O5S/c1-9-15-14(25-33-21(5,6)22(7,8)34-25)13-16(35-15)17(30)29-18-23(20(2,3)4,32-19(28)31)11-10-12-24(18,26)27/h13,18H,9-12H2,1-8H3,(H2,28,31)(H,29,30)/t18-,23+/m1/s1. The van der Waals surface area contributed by atoms with Crippen molar-refractivity contribution < 1.29 is 32.4 Å². The van der Waals surface area contributed by atoms with Gasteiger partial charge >= 0.3 is 13.2 Å². The van der Waals surface area contributed by atoms with E-state index in [1.54, 1.807) is 26.8 Å². The fraction of sp³-hybridized carbons (Fsp3) is 0.750. The molecular weight excluding hydrogens is 477 g/mol. The predicted octanol–water partition coefficient (Wildman–Crippen LogP) is 4.41. The topological polar surface area (TPSA) is 99.9 Å². The number of aryl methyl sites for hydroxylation is 1. The van der Waals surface area contributed by atoms with E-state index in [1.165, 1.54) is 11.3 Å². The first-order chi connectivity index (χ1) is 15.9. The molecule has 1 aromatic rings. The van der Waals surface area contributed by atoms with E-state index >= 15 is 8.78 Å². The van der Waals surface area contributed by atoms with Crippen molar-refractivity contribution >= 4 is 35.9 Å². The van der Waals surface area contributed by atoms with E-state index < -0.39 is 59.7 Å². The molecule has 1 aliphatic heterocycles. The number of primary amides is 1. The Hall–Kier alpha value is -1.72. The van der Waals surface area contributed by atoms with Crippen molar-refractivity contribution in [3.05, 3.63) is 15.8 Å². The first-order valence-electron chi connectivity index (χ1n) is 12.0. The third-order valence-electron chi connectivity index (χ3n) is 7.67. The lowest BCUT2D eigenvalue weighted by Crippen LogP contribution is -2.70. The number of rotatable bonds is 5. The average molecular weight is 514 g/mol. The van der Waals surface area contributed by atoms with Crippen molar-refractivity contribution in [2.75, 3.05) is 0 Å². The summed E-state index contributed by atoms with van der Waals surface area (Å²) in [6.07, 6.45) is -0.668. The number of nitrogens with one attached hydrogen (secondary N) is 1. The molecule has 3 N–H and O–H groups in total. The molecular formula is C24H37BF2N2O5S. The number of ether oxygens (including phenoxy) is 1. The molecule has 0 unspecified atom stereocenters. The first-order valence-corrected chi connectivity index (χ1v) is 12.8. The summed E-state index contributed by atoms with van der Waals surface area (Å²) in [5.41, 5.74) is 2.32. The summed E-state index contributed by atoms with van der Waals surface area (Å²) in [7, 11) is -0.671. The Morgan fingerprint density at radius 2 is 1.77 bits per heavy atom. The van der Waals surface area contributed by atoms with Crippen LogP contribution in [0.2, 0.25) is 0 Å². The number of alkyl halides is 2. The van der Waals surface area contributed by atoms with Crippen molar-refractivity contribution in [1.82, 2.24) is 5.32 Å². The van der Waals surface area contributed by atoms with E-state index in [-0.39, 0.29) is 17.7 Å². The van der Waals surface area contributed by atoms with Crippen LogP contribution < -0.4 is 16.5 Å². The highest BCUT2D eigenvalue weighted by Gasteiger charge is 2.63. The average Bonchev–Trinajstić information content (AvgIpc) is 3.21. The van der Waals surface area contributed by atoms with Crippen LogP contribution in [-0.2, 0) is 20.5 Å². The van der Waals surface area contributed by atoms with Gasteiger partial charge in [0.1, 0.15) is 11.6 Å². The van der Waals surface area contributed by atoms with E-state index in [0.29, 0.717) is 11.9 Å². The van der Waals surface area contributed by atoms with Gasteiger partial charge in [-0.2, -0.15) is 0 Å². The van der Waals surface area contributed by atoms with Gasteiger partial charge in [-0.25, -0.2) is 13.6 Å². The summed E-state index contributed by atoms with van der Waals surface area (Å²) < 4.78 is 48.3. The predicted molar refractivity (Wildman–Crippen MR) is 132 cm³/mol. The SMILES string of the molecule is CCc1sc(C(=O)N[C@H]2C(F)(F)CCC[C@@]2(OC(N)=O)C(C)(C)C)cc1B1OC(C)(C)C(C)(C)O1. The number of thiophene rings is 1. The number of hydrogen-bond donors (Lipinski definition) is 2. The van der Waals surface area contributed by atoms with Crippen molar-refractivity contribution in [2.24, 2.45) is 11.1 Å². The second-order valence-electron chi connectivity index (χ2n) is 11.5. The van der Waals surface area contributed by atoms with Gasteiger partial charge < -0.3 is 25.1 Å². The van der Waals surface area contributed by atoms with Gasteiger partial charge in [-0.05, 0) is 58.5 Å². The molecule has 2 fully saturated rings. The van der Waals surface area contributed by atoms with Gasteiger partial charge in [0.05, 0.1) is 16.1 Å². The van der Waals surface area contributed by atoms with Crippen molar-refractivity contribution in [3.63, 3.8) is 0 Å². The molecule has 2 amide bonds. The third kappa shape index (κ3) is 4.96. The molecule has 2 aliphatic rings. The van der Waals surface area contributed by atoms with E-state index in [1.807, 2.05) is 34.6 Å². The Morgan fingerprint density at radius 1 is 1.20 bits per heavy atom. The minimum atomic E-state index is -3.30. The summed E-state index contributed by atoms with van der Waals surface area (Å²) >= 11 is 1.22. The largest absolute Gasteiger partial charge is 0.496 e.